The van der Waals surface area contributed by atoms with Crippen LogP contribution in [0.5, 0.6) is 0 Å². The van der Waals surface area contributed by atoms with Crippen molar-refractivity contribution in [3.05, 3.63) is 53.6 Å². The van der Waals surface area contributed by atoms with Crippen LogP contribution in [0.25, 0.3) is 0 Å². The van der Waals surface area contributed by atoms with Crippen molar-refractivity contribution in [1.29, 1.82) is 0 Å². The van der Waals surface area contributed by atoms with Gasteiger partial charge in [0.1, 0.15) is 12.4 Å². The van der Waals surface area contributed by atoms with Gasteiger partial charge in [-0.25, -0.2) is 13.8 Å². The second-order valence-electron chi connectivity index (χ2n) is 5.92. The maximum absolute atomic E-state index is 13.4. The maximum Gasteiger partial charge on any atom is 0.242 e. The second kappa shape index (κ2) is 6.89. The summed E-state index contributed by atoms with van der Waals surface area (Å²) in [5, 5.41) is 0. The molecule has 6 heteroatoms. The summed E-state index contributed by atoms with van der Waals surface area (Å²) >= 11 is 0. The third kappa shape index (κ3) is 3.75. The number of likely N-dealkylation sites (N-methyl/N-ethyl adjacent to an activating group) is 1. The minimum atomic E-state index is -0.910. The van der Waals surface area contributed by atoms with Crippen LogP contribution in [0.2, 0.25) is 0 Å². The Labute approximate surface area is 134 Å². The molecule has 0 aliphatic rings. The van der Waals surface area contributed by atoms with Crippen molar-refractivity contribution in [2.75, 3.05) is 7.05 Å². The van der Waals surface area contributed by atoms with E-state index < -0.39 is 11.6 Å². The highest BCUT2D eigenvalue weighted by molar-refractivity contribution is 5.76. The number of rotatable bonds is 5. The van der Waals surface area contributed by atoms with Crippen molar-refractivity contribution < 1.29 is 13.6 Å². The van der Waals surface area contributed by atoms with Crippen molar-refractivity contribution >= 4 is 5.91 Å². The predicted molar refractivity (Wildman–Crippen MR) is 83.9 cm³/mol. The van der Waals surface area contributed by atoms with Gasteiger partial charge in [0, 0.05) is 25.4 Å². The monoisotopic (exact) mass is 321 g/mol. The maximum atomic E-state index is 13.4. The van der Waals surface area contributed by atoms with Gasteiger partial charge in [-0.3, -0.25) is 4.79 Å². The van der Waals surface area contributed by atoms with Gasteiger partial charge in [0.05, 0.1) is 6.04 Å². The molecule has 0 fully saturated rings. The van der Waals surface area contributed by atoms with Gasteiger partial charge < -0.3 is 9.47 Å². The molecule has 0 N–H and O–H groups in total. The minimum absolute atomic E-state index is 0.123. The lowest BCUT2D eigenvalue weighted by atomic mass is 10.1. The molecule has 1 aromatic carbocycles. The van der Waals surface area contributed by atoms with E-state index in [0.29, 0.717) is 5.56 Å². The van der Waals surface area contributed by atoms with Crippen LogP contribution >= 0.6 is 0 Å². The lowest BCUT2D eigenvalue weighted by molar-refractivity contribution is -0.132. The van der Waals surface area contributed by atoms with Gasteiger partial charge in [-0.2, -0.15) is 0 Å². The number of aromatic nitrogens is 2. The van der Waals surface area contributed by atoms with Gasteiger partial charge in [0.15, 0.2) is 11.6 Å². The van der Waals surface area contributed by atoms with Crippen molar-refractivity contribution in [2.24, 2.45) is 0 Å². The summed E-state index contributed by atoms with van der Waals surface area (Å²) in [6.45, 7) is 5.97. The van der Waals surface area contributed by atoms with Crippen LogP contribution in [0.4, 0.5) is 8.78 Å². The Morgan fingerprint density at radius 1 is 1.26 bits per heavy atom. The Kier molecular flexibility index (Phi) is 5.13. The summed E-state index contributed by atoms with van der Waals surface area (Å²) in [4.78, 5) is 18.2. The van der Waals surface area contributed by atoms with Crippen LogP contribution in [0.15, 0.2) is 30.6 Å². The Morgan fingerprint density at radius 3 is 2.57 bits per heavy atom. The van der Waals surface area contributed by atoms with Crippen LogP contribution < -0.4 is 0 Å². The first-order valence-corrected chi connectivity index (χ1v) is 7.53. The summed E-state index contributed by atoms with van der Waals surface area (Å²) in [6.07, 6.45) is 3.44. The Bertz CT molecular complexity index is 697. The molecule has 0 aliphatic carbocycles. The van der Waals surface area contributed by atoms with Crippen LogP contribution in [0, 0.1) is 11.6 Å². The fourth-order valence-corrected chi connectivity index (χ4v) is 2.42. The molecule has 124 valence electrons. The van der Waals surface area contributed by atoms with E-state index in [4.69, 9.17) is 0 Å². The topological polar surface area (TPSA) is 38.1 Å². The normalized spacial score (nSPS) is 12.5. The van der Waals surface area contributed by atoms with Gasteiger partial charge in [-0.1, -0.05) is 19.9 Å². The number of nitrogens with zero attached hydrogens (tertiary/aromatic N) is 3. The zero-order valence-electron chi connectivity index (χ0n) is 13.8. The average molecular weight is 321 g/mol. The van der Waals surface area contributed by atoms with Crippen LogP contribution in [0.3, 0.4) is 0 Å². The first-order valence-electron chi connectivity index (χ1n) is 7.53. The molecule has 0 unspecified atom stereocenters. The molecule has 1 heterocycles. The molecule has 23 heavy (non-hydrogen) atoms. The zero-order valence-corrected chi connectivity index (χ0v) is 13.8. The number of carbonyl (C=O) groups excluding carboxylic acids is 1. The summed E-state index contributed by atoms with van der Waals surface area (Å²) in [6, 6.07) is 3.33. The quantitative estimate of drug-likeness (QED) is 0.845. The third-order valence-electron chi connectivity index (χ3n) is 3.97. The van der Waals surface area contributed by atoms with E-state index in [9.17, 15) is 13.6 Å². The van der Waals surface area contributed by atoms with E-state index in [1.807, 2.05) is 18.4 Å². The van der Waals surface area contributed by atoms with E-state index in [0.717, 1.165) is 18.0 Å². The standard InChI is InChI=1S/C17H21F2N3O/c1-11(2)17-20-7-8-22(17)10-16(23)21(4)12(3)13-5-6-14(18)15(19)9-13/h5-9,11-12H,10H2,1-4H3/t12-/m1/s1. The number of imidazole rings is 1. The highest BCUT2D eigenvalue weighted by Gasteiger charge is 2.20. The molecular weight excluding hydrogens is 300 g/mol. The van der Waals surface area contributed by atoms with Crippen LogP contribution in [-0.2, 0) is 11.3 Å². The fourth-order valence-electron chi connectivity index (χ4n) is 2.42. The number of benzene rings is 1. The molecule has 1 atom stereocenters. The number of halogens is 2. The largest absolute Gasteiger partial charge is 0.337 e. The number of carbonyl (C=O) groups is 1. The van der Waals surface area contributed by atoms with Gasteiger partial charge in [0.25, 0.3) is 0 Å². The lowest BCUT2D eigenvalue weighted by Gasteiger charge is -2.26. The Balaban J connectivity index is 2.12. The van der Waals surface area contributed by atoms with Crippen molar-refractivity contribution in [3.63, 3.8) is 0 Å². The predicted octanol–water partition coefficient (Wildman–Crippen LogP) is 3.50. The Morgan fingerprint density at radius 2 is 1.96 bits per heavy atom. The lowest BCUT2D eigenvalue weighted by Crippen LogP contribution is -2.33. The molecule has 0 radical (unpaired) electrons. The van der Waals surface area contributed by atoms with E-state index in [-0.39, 0.29) is 24.4 Å². The minimum Gasteiger partial charge on any atom is -0.337 e. The summed E-state index contributed by atoms with van der Waals surface area (Å²) in [5.74, 6) is -0.872. The highest BCUT2D eigenvalue weighted by Crippen LogP contribution is 2.21. The second-order valence-corrected chi connectivity index (χ2v) is 5.92. The summed E-state index contributed by atoms with van der Waals surface area (Å²) in [7, 11) is 1.65. The van der Waals surface area contributed by atoms with E-state index >= 15 is 0 Å². The number of hydrogen-bond acceptors (Lipinski definition) is 2. The zero-order chi connectivity index (χ0) is 17.1. The molecule has 0 aliphatic heterocycles. The molecule has 0 saturated heterocycles. The van der Waals surface area contributed by atoms with Crippen molar-refractivity contribution in [2.45, 2.75) is 39.3 Å². The molecule has 2 rings (SSSR count). The van der Waals surface area contributed by atoms with E-state index in [1.54, 1.807) is 26.4 Å². The van der Waals surface area contributed by atoms with E-state index in [2.05, 4.69) is 4.98 Å². The highest BCUT2D eigenvalue weighted by atomic mass is 19.2. The van der Waals surface area contributed by atoms with Gasteiger partial charge in [-0.05, 0) is 24.6 Å². The fraction of sp³-hybridized carbons (Fsp3) is 0.412. The van der Waals surface area contributed by atoms with Gasteiger partial charge in [-0.15, -0.1) is 0 Å². The Hall–Kier alpha value is -2.24. The molecule has 0 bridgehead atoms. The van der Waals surface area contributed by atoms with E-state index in [1.165, 1.54) is 11.0 Å². The van der Waals surface area contributed by atoms with Gasteiger partial charge in [0.2, 0.25) is 5.91 Å². The molecule has 4 nitrogen and oxygen atoms in total. The van der Waals surface area contributed by atoms with Gasteiger partial charge >= 0.3 is 0 Å². The SMILES string of the molecule is CC(C)c1nccn1CC(=O)N(C)[C@H](C)c1ccc(F)c(F)c1. The smallest absolute Gasteiger partial charge is 0.242 e. The van der Waals surface area contributed by atoms with Crippen LogP contribution in [-0.4, -0.2) is 27.4 Å². The summed E-state index contributed by atoms with van der Waals surface area (Å²) < 4.78 is 28.2. The molecule has 1 amide bonds. The summed E-state index contributed by atoms with van der Waals surface area (Å²) in [5.41, 5.74) is 0.550. The number of amides is 1. The molecule has 1 aromatic heterocycles. The average Bonchev–Trinajstić information content (AvgIpc) is 2.96. The van der Waals surface area contributed by atoms with Crippen molar-refractivity contribution in [3.8, 4) is 0 Å². The van der Waals surface area contributed by atoms with Crippen LogP contribution in [0.1, 0.15) is 44.1 Å². The first-order chi connectivity index (χ1) is 10.8. The van der Waals surface area contributed by atoms with Crippen molar-refractivity contribution in [1.82, 2.24) is 14.5 Å². The molecular formula is C17H21F2N3O. The molecule has 0 spiro atoms. The first kappa shape index (κ1) is 17.1. The third-order valence-corrected chi connectivity index (χ3v) is 3.97. The molecule has 2 aromatic rings. The number of hydrogen-bond donors (Lipinski definition) is 0. The molecule has 0 saturated carbocycles.